The SMILES string of the molecule is Cc1cc([N+](=O)[O-])ccc1NCc1cc(C#N)n(C)c1. The van der Waals surface area contributed by atoms with Gasteiger partial charge >= 0.3 is 0 Å². The fraction of sp³-hybridized carbons (Fsp3) is 0.214. The second-order valence-electron chi connectivity index (χ2n) is 4.57. The van der Waals surface area contributed by atoms with Gasteiger partial charge in [0.05, 0.1) is 4.92 Å². The van der Waals surface area contributed by atoms with Crippen LogP contribution in [0.2, 0.25) is 0 Å². The zero-order valence-electron chi connectivity index (χ0n) is 11.3. The van der Waals surface area contributed by atoms with Crippen LogP contribution in [0.3, 0.4) is 0 Å². The highest BCUT2D eigenvalue weighted by Gasteiger charge is 2.08. The van der Waals surface area contributed by atoms with Gasteiger partial charge in [-0.1, -0.05) is 0 Å². The van der Waals surface area contributed by atoms with Crippen LogP contribution in [0.25, 0.3) is 0 Å². The van der Waals surface area contributed by atoms with E-state index in [1.54, 1.807) is 10.6 Å². The molecule has 2 rings (SSSR count). The van der Waals surface area contributed by atoms with E-state index in [1.807, 2.05) is 26.2 Å². The lowest BCUT2D eigenvalue weighted by atomic mass is 10.1. The van der Waals surface area contributed by atoms with Crippen LogP contribution in [0.4, 0.5) is 11.4 Å². The number of rotatable bonds is 4. The lowest BCUT2D eigenvalue weighted by Gasteiger charge is -2.08. The average Bonchev–Trinajstić information content (AvgIpc) is 2.77. The molecule has 1 heterocycles. The second kappa shape index (κ2) is 5.45. The molecule has 0 bridgehead atoms. The van der Waals surface area contributed by atoms with E-state index in [4.69, 9.17) is 5.26 Å². The number of non-ortho nitro benzene ring substituents is 1. The molecule has 0 fully saturated rings. The first-order valence-electron chi connectivity index (χ1n) is 6.05. The number of nitrogens with one attached hydrogen (secondary N) is 1. The molecule has 2 aromatic rings. The van der Waals surface area contributed by atoms with E-state index in [9.17, 15) is 10.1 Å². The molecule has 0 radical (unpaired) electrons. The molecule has 0 spiro atoms. The predicted octanol–water partition coefficient (Wildman–Crippen LogP) is 2.73. The number of hydrogen-bond donors (Lipinski definition) is 1. The van der Waals surface area contributed by atoms with Crippen LogP contribution >= 0.6 is 0 Å². The van der Waals surface area contributed by atoms with Gasteiger partial charge in [0.1, 0.15) is 11.8 Å². The highest BCUT2D eigenvalue weighted by atomic mass is 16.6. The van der Waals surface area contributed by atoms with E-state index >= 15 is 0 Å². The normalized spacial score (nSPS) is 10.1. The molecule has 0 aliphatic rings. The summed E-state index contributed by atoms with van der Waals surface area (Å²) in [4.78, 5) is 10.3. The van der Waals surface area contributed by atoms with Crippen molar-refractivity contribution in [2.75, 3.05) is 5.32 Å². The third-order valence-electron chi connectivity index (χ3n) is 3.08. The molecule has 0 aliphatic heterocycles. The van der Waals surface area contributed by atoms with E-state index in [0.717, 1.165) is 16.8 Å². The molecular formula is C14H14N4O2. The van der Waals surface area contributed by atoms with Crippen LogP contribution in [-0.4, -0.2) is 9.49 Å². The van der Waals surface area contributed by atoms with Gasteiger partial charge in [0.25, 0.3) is 5.69 Å². The van der Waals surface area contributed by atoms with Crippen LogP contribution in [0.1, 0.15) is 16.8 Å². The predicted molar refractivity (Wildman–Crippen MR) is 75.3 cm³/mol. The average molecular weight is 270 g/mol. The third-order valence-corrected chi connectivity index (χ3v) is 3.08. The monoisotopic (exact) mass is 270 g/mol. The minimum atomic E-state index is -0.410. The standard InChI is InChI=1S/C14H14N4O2/c1-10-5-12(18(19)20)3-4-14(10)16-8-11-6-13(7-15)17(2)9-11/h3-6,9,16H,8H2,1-2H3. The highest BCUT2D eigenvalue weighted by molar-refractivity contribution is 5.55. The maximum atomic E-state index is 10.7. The van der Waals surface area contributed by atoms with Gasteiger partial charge < -0.3 is 9.88 Å². The zero-order valence-corrected chi connectivity index (χ0v) is 11.3. The fourth-order valence-electron chi connectivity index (χ4n) is 2.00. The third kappa shape index (κ3) is 2.78. The lowest BCUT2D eigenvalue weighted by Crippen LogP contribution is -2.00. The number of aryl methyl sites for hydroxylation is 2. The Morgan fingerprint density at radius 1 is 1.45 bits per heavy atom. The first kappa shape index (κ1) is 13.6. The fourth-order valence-corrected chi connectivity index (χ4v) is 2.00. The van der Waals surface area contributed by atoms with Gasteiger partial charge in [0, 0.05) is 37.6 Å². The summed E-state index contributed by atoms with van der Waals surface area (Å²) in [6, 6.07) is 8.62. The summed E-state index contributed by atoms with van der Waals surface area (Å²) < 4.78 is 1.76. The topological polar surface area (TPSA) is 83.9 Å². The molecule has 6 nitrogen and oxygen atoms in total. The van der Waals surface area contributed by atoms with Crippen LogP contribution < -0.4 is 5.32 Å². The summed E-state index contributed by atoms with van der Waals surface area (Å²) in [5.41, 5.74) is 3.33. The van der Waals surface area contributed by atoms with Gasteiger partial charge in [-0.2, -0.15) is 5.26 Å². The van der Waals surface area contributed by atoms with E-state index in [2.05, 4.69) is 11.4 Å². The number of nitriles is 1. The molecule has 0 saturated carbocycles. The number of nitrogens with zero attached hydrogens (tertiary/aromatic N) is 3. The van der Waals surface area contributed by atoms with Gasteiger partial charge in [-0.3, -0.25) is 10.1 Å². The second-order valence-corrected chi connectivity index (χ2v) is 4.57. The van der Waals surface area contributed by atoms with Crippen molar-refractivity contribution in [1.82, 2.24) is 4.57 Å². The maximum absolute atomic E-state index is 10.7. The molecule has 0 atom stereocenters. The Kier molecular flexibility index (Phi) is 3.71. The number of aromatic nitrogens is 1. The lowest BCUT2D eigenvalue weighted by molar-refractivity contribution is -0.384. The van der Waals surface area contributed by atoms with Gasteiger partial charge in [-0.05, 0) is 30.2 Å². The van der Waals surface area contributed by atoms with E-state index in [-0.39, 0.29) is 5.69 Å². The molecule has 1 aromatic carbocycles. The molecule has 0 amide bonds. The van der Waals surface area contributed by atoms with Crippen molar-refractivity contribution in [2.45, 2.75) is 13.5 Å². The molecule has 0 saturated heterocycles. The first-order chi connectivity index (χ1) is 9.51. The number of hydrogen-bond acceptors (Lipinski definition) is 4. The van der Waals surface area contributed by atoms with Gasteiger partial charge in [-0.25, -0.2) is 0 Å². The number of benzene rings is 1. The summed E-state index contributed by atoms with van der Waals surface area (Å²) in [6.07, 6.45) is 1.88. The Morgan fingerprint density at radius 2 is 2.20 bits per heavy atom. The molecular weight excluding hydrogens is 256 g/mol. The minimum absolute atomic E-state index is 0.0829. The summed E-state index contributed by atoms with van der Waals surface area (Å²) in [6.45, 7) is 2.38. The van der Waals surface area contributed by atoms with Crippen molar-refractivity contribution in [3.63, 3.8) is 0 Å². The molecule has 0 unspecified atom stereocenters. The molecule has 102 valence electrons. The maximum Gasteiger partial charge on any atom is 0.269 e. The van der Waals surface area contributed by atoms with Crippen LogP contribution in [0.15, 0.2) is 30.5 Å². The number of nitro benzene ring substituents is 1. The Labute approximate surface area is 116 Å². The molecule has 1 aromatic heterocycles. The van der Waals surface area contributed by atoms with Crippen molar-refractivity contribution in [2.24, 2.45) is 7.05 Å². The number of nitro groups is 1. The van der Waals surface area contributed by atoms with Crippen molar-refractivity contribution >= 4 is 11.4 Å². The Morgan fingerprint density at radius 3 is 2.75 bits per heavy atom. The van der Waals surface area contributed by atoms with Crippen molar-refractivity contribution < 1.29 is 4.92 Å². The summed E-state index contributed by atoms with van der Waals surface area (Å²) >= 11 is 0. The molecule has 20 heavy (non-hydrogen) atoms. The van der Waals surface area contributed by atoms with Crippen LogP contribution in [0.5, 0.6) is 0 Å². The minimum Gasteiger partial charge on any atom is -0.381 e. The van der Waals surface area contributed by atoms with Crippen molar-refractivity contribution in [3.8, 4) is 6.07 Å². The summed E-state index contributed by atoms with van der Waals surface area (Å²) in [7, 11) is 1.82. The Bertz CT molecular complexity index is 698. The van der Waals surface area contributed by atoms with Crippen LogP contribution in [0, 0.1) is 28.4 Å². The Balaban J connectivity index is 2.11. The first-order valence-corrected chi connectivity index (χ1v) is 6.05. The smallest absolute Gasteiger partial charge is 0.269 e. The molecule has 0 aliphatic carbocycles. The molecule has 6 heteroatoms. The molecule has 1 N–H and O–H groups in total. The van der Waals surface area contributed by atoms with Gasteiger partial charge in [0.2, 0.25) is 0 Å². The Hall–Kier alpha value is -2.81. The van der Waals surface area contributed by atoms with Crippen LogP contribution in [-0.2, 0) is 13.6 Å². The van der Waals surface area contributed by atoms with E-state index < -0.39 is 4.92 Å². The van der Waals surface area contributed by atoms with E-state index in [0.29, 0.717) is 12.2 Å². The largest absolute Gasteiger partial charge is 0.381 e. The summed E-state index contributed by atoms with van der Waals surface area (Å²) in [5.74, 6) is 0. The van der Waals surface area contributed by atoms with Crippen molar-refractivity contribution in [1.29, 1.82) is 5.26 Å². The van der Waals surface area contributed by atoms with Gasteiger partial charge in [-0.15, -0.1) is 0 Å². The quantitative estimate of drug-likeness (QED) is 0.683. The van der Waals surface area contributed by atoms with Gasteiger partial charge in [0.15, 0.2) is 0 Å². The summed E-state index contributed by atoms with van der Waals surface area (Å²) in [5, 5.41) is 22.8. The highest BCUT2D eigenvalue weighted by Crippen LogP contribution is 2.21. The number of anilines is 1. The van der Waals surface area contributed by atoms with Crippen molar-refractivity contribution in [3.05, 3.63) is 57.4 Å². The van der Waals surface area contributed by atoms with E-state index in [1.165, 1.54) is 12.1 Å². The zero-order chi connectivity index (χ0) is 14.7.